The van der Waals surface area contributed by atoms with Crippen molar-refractivity contribution >= 4 is 33.2 Å². The first kappa shape index (κ1) is 16.7. The van der Waals surface area contributed by atoms with Gasteiger partial charge in [-0.1, -0.05) is 22.0 Å². The molecule has 1 amide bonds. The number of rotatable bonds is 5. The van der Waals surface area contributed by atoms with Crippen LogP contribution in [0.2, 0.25) is 0 Å². The Morgan fingerprint density at radius 3 is 2.96 bits per heavy atom. The van der Waals surface area contributed by atoms with Crippen LogP contribution in [0.5, 0.6) is 0 Å². The highest BCUT2D eigenvalue weighted by atomic mass is 79.9. The van der Waals surface area contributed by atoms with Crippen LogP contribution >= 0.6 is 27.3 Å². The molecule has 1 N–H and O–H groups in total. The number of amides is 1. The molecule has 0 saturated heterocycles. The fourth-order valence-electron chi connectivity index (χ4n) is 2.09. The van der Waals surface area contributed by atoms with E-state index in [1.165, 1.54) is 23.5 Å². The van der Waals surface area contributed by atoms with Gasteiger partial charge in [0.2, 0.25) is 5.91 Å². The van der Waals surface area contributed by atoms with E-state index in [2.05, 4.69) is 31.2 Å². The summed E-state index contributed by atoms with van der Waals surface area (Å²) in [6, 6.07) is 10.00. The minimum atomic E-state index is -0.332. The lowest BCUT2D eigenvalue weighted by molar-refractivity contribution is -0.120. The maximum absolute atomic E-state index is 13.2. The van der Waals surface area contributed by atoms with Gasteiger partial charge in [0.05, 0.1) is 17.8 Å². The van der Waals surface area contributed by atoms with Crippen molar-refractivity contribution in [3.8, 4) is 10.7 Å². The number of nitrogens with one attached hydrogen (secondary N) is 1. The largest absolute Gasteiger partial charge is 0.352 e. The Kier molecular flexibility index (Phi) is 5.32. The molecule has 24 heavy (non-hydrogen) atoms. The Bertz CT molecular complexity index is 854. The highest BCUT2D eigenvalue weighted by molar-refractivity contribution is 9.10. The number of nitrogens with zero attached hydrogens (tertiary/aromatic N) is 2. The van der Waals surface area contributed by atoms with Gasteiger partial charge in [-0.3, -0.25) is 9.78 Å². The van der Waals surface area contributed by atoms with E-state index < -0.39 is 0 Å². The van der Waals surface area contributed by atoms with Crippen LogP contribution in [0.1, 0.15) is 11.3 Å². The van der Waals surface area contributed by atoms with Crippen molar-refractivity contribution in [2.45, 2.75) is 13.0 Å². The molecule has 0 spiro atoms. The van der Waals surface area contributed by atoms with Gasteiger partial charge in [0.1, 0.15) is 10.8 Å². The van der Waals surface area contributed by atoms with Crippen LogP contribution in [0.3, 0.4) is 0 Å². The highest BCUT2D eigenvalue weighted by Gasteiger charge is 2.10. The summed E-state index contributed by atoms with van der Waals surface area (Å²) < 4.78 is 14.0. The van der Waals surface area contributed by atoms with E-state index >= 15 is 0 Å². The lowest BCUT2D eigenvalue weighted by atomic mass is 10.2. The van der Waals surface area contributed by atoms with Crippen molar-refractivity contribution in [1.82, 2.24) is 15.3 Å². The Labute approximate surface area is 150 Å². The van der Waals surface area contributed by atoms with E-state index in [0.717, 1.165) is 15.2 Å². The van der Waals surface area contributed by atoms with Crippen molar-refractivity contribution < 1.29 is 9.18 Å². The Hall–Kier alpha value is -2.12. The first-order chi connectivity index (χ1) is 11.6. The fourth-order valence-corrected chi connectivity index (χ4v) is 3.28. The van der Waals surface area contributed by atoms with E-state index in [0.29, 0.717) is 11.3 Å². The molecule has 1 aromatic carbocycles. The van der Waals surface area contributed by atoms with Gasteiger partial charge in [-0.05, 0) is 35.9 Å². The molecular weight excluding hydrogens is 393 g/mol. The van der Waals surface area contributed by atoms with Gasteiger partial charge in [-0.15, -0.1) is 11.3 Å². The van der Waals surface area contributed by atoms with Gasteiger partial charge in [0.25, 0.3) is 0 Å². The third-order valence-electron chi connectivity index (χ3n) is 3.26. The number of hydrogen-bond donors (Lipinski definition) is 1. The SMILES string of the molecule is O=C(Cc1csc(-c2ccccn2)n1)NCc1cc(F)ccc1Br. The van der Waals surface area contributed by atoms with Crippen molar-refractivity contribution in [3.05, 3.63) is 69.5 Å². The quantitative estimate of drug-likeness (QED) is 0.698. The van der Waals surface area contributed by atoms with E-state index in [1.54, 1.807) is 12.3 Å². The molecule has 2 heterocycles. The monoisotopic (exact) mass is 405 g/mol. The van der Waals surface area contributed by atoms with E-state index in [-0.39, 0.29) is 24.7 Å². The Balaban J connectivity index is 1.59. The highest BCUT2D eigenvalue weighted by Crippen LogP contribution is 2.21. The van der Waals surface area contributed by atoms with Crippen molar-refractivity contribution in [2.75, 3.05) is 0 Å². The van der Waals surface area contributed by atoms with Crippen LogP contribution in [-0.2, 0) is 17.8 Å². The second kappa shape index (κ2) is 7.63. The summed E-state index contributed by atoms with van der Waals surface area (Å²) in [7, 11) is 0. The molecular formula is C17H13BrFN3OS. The van der Waals surface area contributed by atoms with Gasteiger partial charge >= 0.3 is 0 Å². The van der Waals surface area contributed by atoms with Gasteiger partial charge in [0, 0.05) is 22.6 Å². The number of thiazole rings is 1. The number of pyridine rings is 1. The van der Waals surface area contributed by atoms with Crippen LogP contribution in [0.4, 0.5) is 4.39 Å². The van der Waals surface area contributed by atoms with Gasteiger partial charge in [-0.2, -0.15) is 0 Å². The summed E-state index contributed by atoms with van der Waals surface area (Å²) in [5.41, 5.74) is 2.17. The molecule has 4 nitrogen and oxygen atoms in total. The minimum Gasteiger partial charge on any atom is -0.352 e. The average Bonchev–Trinajstić information content (AvgIpc) is 3.05. The predicted molar refractivity (Wildman–Crippen MR) is 95.0 cm³/mol. The standard InChI is InChI=1S/C17H13BrFN3OS/c18-14-5-4-12(19)7-11(14)9-21-16(23)8-13-10-24-17(22-13)15-3-1-2-6-20-15/h1-7,10H,8-9H2,(H,21,23). The third-order valence-corrected chi connectivity index (χ3v) is 4.95. The molecule has 0 atom stereocenters. The summed E-state index contributed by atoms with van der Waals surface area (Å²) in [4.78, 5) is 20.7. The maximum Gasteiger partial charge on any atom is 0.226 e. The molecule has 3 rings (SSSR count). The molecule has 0 bridgehead atoms. The van der Waals surface area contributed by atoms with E-state index in [1.807, 2.05) is 23.6 Å². The van der Waals surface area contributed by atoms with Crippen molar-refractivity contribution in [2.24, 2.45) is 0 Å². The molecule has 7 heteroatoms. The van der Waals surface area contributed by atoms with E-state index in [9.17, 15) is 9.18 Å². The molecule has 0 saturated carbocycles. The topological polar surface area (TPSA) is 54.9 Å². The summed E-state index contributed by atoms with van der Waals surface area (Å²) in [5, 5.41) is 5.41. The zero-order chi connectivity index (χ0) is 16.9. The summed E-state index contributed by atoms with van der Waals surface area (Å²) in [5.74, 6) is -0.494. The number of carbonyl (C=O) groups excluding carboxylic acids is 1. The van der Waals surface area contributed by atoms with Crippen LogP contribution in [0.15, 0.2) is 52.4 Å². The average molecular weight is 406 g/mol. The number of benzene rings is 1. The predicted octanol–water partition coefficient (Wildman–Crippen LogP) is 3.97. The molecule has 2 aromatic heterocycles. The molecule has 3 aromatic rings. The molecule has 0 aliphatic heterocycles. The van der Waals surface area contributed by atoms with Gasteiger partial charge in [0.15, 0.2) is 0 Å². The zero-order valence-electron chi connectivity index (χ0n) is 12.5. The number of aromatic nitrogens is 2. The van der Waals surface area contributed by atoms with Crippen LogP contribution in [-0.4, -0.2) is 15.9 Å². The first-order valence-corrected chi connectivity index (χ1v) is 8.85. The van der Waals surface area contributed by atoms with Crippen LogP contribution in [0, 0.1) is 5.82 Å². The summed E-state index contributed by atoms with van der Waals surface area (Å²) in [6.07, 6.45) is 1.89. The van der Waals surface area contributed by atoms with Crippen LogP contribution in [0.25, 0.3) is 10.7 Å². The van der Waals surface area contributed by atoms with E-state index in [4.69, 9.17) is 0 Å². The molecule has 122 valence electrons. The van der Waals surface area contributed by atoms with Gasteiger partial charge in [-0.25, -0.2) is 9.37 Å². The minimum absolute atomic E-state index is 0.163. The normalized spacial score (nSPS) is 10.6. The van der Waals surface area contributed by atoms with Gasteiger partial charge < -0.3 is 5.32 Å². The summed E-state index contributed by atoms with van der Waals surface area (Å²) in [6.45, 7) is 0.258. The molecule has 0 aliphatic carbocycles. The molecule has 0 aliphatic rings. The zero-order valence-corrected chi connectivity index (χ0v) is 14.9. The fraction of sp³-hybridized carbons (Fsp3) is 0.118. The number of carbonyl (C=O) groups is 1. The number of halogens is 2. The second-order valence-electron chi connectivity index (χ2n) is 5.05. The maximum atomic E-state index is 13.2. The molecule has 0 unspecified atom stereocenters. The second-order valence-corrected chi connectivity index (χ2v) is 6.76. The number of hydrogen-bond acceptors (Lipinski definition) is 4. The lowest BCUT2D eigenvalue weighted by Crippen LogP contribution is -2.24. The summed E-state index contributed by atoms with van der Waals surface area (Å²) >= 11 is 4.79. The Morgan fingerprint density at radius 2 is 2.17 bits per heavy atom. The first-order valence-electron chi connectivity index (χ1n) is 7.18. The third kappa shape index (κ3) is 4.24. The smallest absolute Gasteiger partial charge is 0.226 e. The van der Waals surface area contributed by atoms with Crippen molar-refractivity contribution in [1.29, 1.82) is 0 Å². The molecule has 0 radical (unpaired) electrons. The van der Waals surface area contributed by atoms with Crippen molar-refractivity contribution in [3.63, 3.8) is 0 Å². The van der Waals surface area contributed by atoms with Crippen LogP contribution < -0.4 is 5.32 Å². The lowest BCUT2D eigenvalue weighted by Gasteiger charge is -2.06. The Morgan fingerprint density at radius 1 is 1.29 bits per heavy atom. The molecule has 0 fully saturated rings.